The summed E-state index contributed by atoms with van der Waals surface area (Å²) in [5, 5.41) is 4.06. The molecule has 176 valence electrons. The maximum Gasteiger partial charge on any atom is 0.274 e. The Balaban J connectivity index is 1.65. The van der Waals surface area contributed by atoms with Gasteiger partial charge in [0, 0.05) is 24.3 Å². The Labute approximate surface area is 199 Å². The van der Waals surface area contributed by atoms with Gasteiger partial charge in [0.1, 0.15) is 17.0 Å². The highest BCUT2D eigenvalue weighted by Crippen LogP contribution is 2.38. The second kappa shape index (κ2) is 8.56. The zero-order valence-electron chi connectivity index (χ0n) is 19.8. The fourth-order valence-electron chi connectivity index (χ4n) is 4.82. The lowest BCUT2D eigenvalue weighted by molar-refractivity contribution is -0.133. The molecule has 2 amide bonds. The molecule has 4 heterocycles. The minimum Gasteiger partial charge on any atom is -0.467 e. The molecule has 1 atom stereocenters. The summed E-state index contributed by atoms with van der Waals surface area (Å²) in [6.07, 6.45) is 6.36. The second-order valence-electron chi connectivity index (χ2n) is 9.57. The Morgan fingerprint density at radius 1 is 1.12 bits per heavy atom. The van der Waals surface area contributed by atoms with E-state index in [-0.39, 0.29) is 18.4 Å². The average molecular weight is 459 g/mol. The number of furan rings is 1. The van der Waals surface area contributed by atoms with Crippen LogP contribution >= 0.6 is 0 Å². The quantitative estimate of drug-likeness (QED) is 0.440. The Morgan fingerprint density at radius 3 is 2.59 bits per heavy atom. The van der Waals surface area contributed by atoms with Gasteiger partial charge < -0.3 is 23.8 Å². The lowest BCUT2D eigenvalue weighted by Gasteiger charge is -2.44. The third-order valence-corrected chi connectivity index (χ3v) is 6.71. The van der Waals surface area contributed by atoms with E-state index in [1.807, 2.05) is 70.9 Å². The van der Waals surface area contributed by atoms with Gasteiger partial charge in [0.05, 0.1) is 30.6 Å². The number of aromatic nitrogens is 2. The van der Waals surface area contributed by atoms with E-state index in [9.17, 15) is 9.59 Å². The van der Waals surface area contributed by atoms with Crippen molar-refractivity contribution in [1.29, 1.82) is 0 Å². The number of rotatable bonds is 7. The van der Waals surface area contributed by atoms with Crippen molar-refractivity contribution in [1.82, 2.24) is 19.4 Å². The summed E-state index contributed by atoms with van der Waals surface area (Å²) < 4.78 is 9.56. The van der Waals surface area contributed by atoms with Crippen LogP contribution in [0, 0.1) is 5.92 Å². The molecule has 0 radical (unpaired) electrons. The number of carbonyl (C=O) groups excluding carboxylic acids is 2. The number of nitrogens with one attached hydrogen (secondary N) is 1. The Bertz CT molecular complexity index is 1320. The van der Waals surface area contributed by atoms with Gasteiger partial charge >= 0.3 is 0 Å². The first-order valence-electron chi connectivity index (χ1n) is 11.8. The first-order valence-corrected chi connectivity index (χ1v) is 11.8. The minimum absolute atomic E-state index is 0.154. The summed E-state index contributed by atoms with van der Waals surface area (Å²) in [7, 11) is 0. The highest BCUT2D eigenvalue weighted by Gasteiger charge is 2.49. The van der Waals surface area contributed by atoms with Gasteiger partial charge in [-0.2, -0.15) is 0 Å². The van der Waals surface area contributed by atoms with Crippen molar-refractivity contribution in [3.8, 4) is 5.69 Å². The van der Waals surface area contributed by atoms with Crippen molar-refractivity contribution < 1.29 is 14.0 Å². The zero-order chi connectivity index (χ0) is 23.9. The summed E-state index contributed by atoms with van der Waals surface area (Å²) >= 11 is 0. The molecule has 0 bridgehead atoms. The summed E-state index contributed by atoms with van der Waals surface area (Å²) in [6.45, 7) is 7.25. The first-order chi connectivity index (χ1) is 16.4. The van der Waals surface area contributed by atoms with Gasteiger partial charge in [0.15, 0.2) is 0 Å². The normalized spacial score (nSPS) is 18.0. The van der Waals surface area contributed by atoms with Crippen LogP contribution in [0.3, 0.4) is 0 Å². The van der Waals surface area contributed by atoms with Crippen molar-refractivity contribution in [2.75, 3.05) is 6.54 Å². The molecule has 7 nitrogen and oxygen atoms in total. The number of carbonyl (C=O) groups is 2. The fraction of sp³-hybridized carbons (Fsp3) is 0.333. The van der Waals surface area contributed by atoms with E-state index >= 15 is 0 Å². The topological polar surface area (TPSA) is 72.4 Å². The summed E-state index contributed by atoms with van der Waals surface area (Å²) in [5.41, 5.74) is 1.27. The molecule has 0 saturated carbocycles. The smallest absolute Gasteiger partial charge is 0.274 e. The molecule has 7 heteroatoms. The molecular formula is C27H30N4O3. The number of hydrogen-bond acceptors (Lipinski definition) is 3. The summed E-state index contributed by atoms with van der Waals surface area (Å²) in [6, 6.07) is 15.5. The molecule has 0 saturated heterocycles. The average Bonchev–Trinajstić information content (AvgIpc) is 3.57. The van der Waals surface area contributed by atoms with Crippen LogP contribution in [0.2, 0.25) is 0 Å². The van der Waals surface area contributed by atoms with Crippen molar-refractivity contribution >= 4 is 22.7 Å². The van der Waals surface area contributed by atoms with Crippen LogP contribution < -0.4 is 5.32 Å². The fourth-order valence-corrected chi connectivity index (χ4v) is 4.82. The minimum atomic E-state index is -1.08. The van der Waals surface area contributed by atoms with Crippen LogP contribution in [0.25, 0.3) is 16.6 Å². The molecule has 0 fully saturated rings. The molecule has 3 aromatic heterocycles. The zero-order valence-corrected chi connectivity index (χ0v) is 19.8. The van der Waals surface area contributed by atoms with Crippen LogP contribution in [-0.4, -0.2) is 37.9 Å². The van der Waals surface area contributed by atoms with Crippen molar-refractivity contribution in [2.24, 2.45) is 5.92 Å². The van der Waals surface area contributed by atoms with Crippen LogP contribution in [0.5, 0.6) is 0 Å². The number of para-hydroxylation sites is 1. The van der Waals surface area contributed by atoms with E-state index in [2.05, 4.69) is 19.2 Å². The van der Waals surface area contributed by atoms with Crippen LogP contribution in [0.1, 0.15) is 43.4 Å². The first kappa shape index (κ1) is 22.1. The SMILES string of the molecule is CC(C)CCNC(=O)C1(C)Cn2c(c(-n3cccc3)c3ccccc32)C(=O)N1Cc1ccco1. The van der Waals surface area contributed by atoms with E-state index in [0.717, 1.165) is 23.0 Å². The van der Waals surface area contributed by atoms with Crippen LogP contribution in [-0.2, 0) is 17.9 Å². The summed E-state index contributed by atoms with van der Waals surface area (Å²) in [5.74, 6) is 0.772. The molecule has 0 spiro atoms. The number of fused-ring (bicyclic) bond motifs is 3. The van der Waals surface area contributed by atoms with Crippen molar-refractivity contribution in [2.45, 2.75) is 45.8 Å². The van der Waals surface area contributed by atoms with Crippen molar-refractivity contribution in [3.05, 3.63) is 78.6 Å². The monoisotopic (exact) mass is 458 g/mol. The van der Waals surface area contributed by atoms with Gasteiger partial charge in [-0.3, -0.25) is 9.59 Å². The molecule has 1 aromatic carbocycles. The van der Waals surface area contributed by atoms with E-state index in [1.165, 1.54) is 0 Å². The lowest BCUT2D eigenvalue weighted by Crippen LogP contribution is -2.63. The van der Waals surface area contributed by atoms with Gasteiger partial charge in [-0.25, -0.2) is 0 Å². The van der Waals surface area contributed by atoms with E-state index in [1.54, 1.807) is 17.2 Å². The maximum absolute atomic E-state index is 14.2. The molecule has 1 aliphatic heterocycles. The number of hydrogen-bond donors (Lipinski definition) is 1. The largest absolute Gasteiger partial charge is 0.467 e. The van der Waals surface area contributed by atoms with Gasteiger partial charge in [0.2, 0.25) is 5.91 Å². The van der Waals surface area contributed by atoms with Gasteiger partial charge in [0.25, 0.3) is 5.91 Å². The number of nitrogens with zero attached hydrogens (tertiary/aromatic N) is 3. The molecule has 1 N–H and O–H groups in total. The predicted octanol–water partition coefficient (Wildman–Crippen LogP) is 4.60. The van der Waals surface area contributed by atoms with Gasteiger partial charge in [-0.15, -0.1) is 0 Å². The van der Waals surface area contributed by atoms with Crippen molar-refractivity contribution in [3.63, 3.8) is 0 Å². The highest BCUT2D eigenvalue weighted by atomic mass is 16.3. The van der Waals surface area contributed by atoms with Crippen LogP contribution in [0.4, 0.5) is 0 Å². The maximum atomic E-state index is 14.2. The number of benzene rings is 1. The predicted molar refractivity (Wildman–Crippen MR) is 131 cm³/mol. The Hall–Kier alpha value is -3.74. The molecular weight excluding hydrogens is 428 g/mol. The molecule has 5 rings (SSSR count). The van der Waals surface area contributed by atoms with E-state index in [0.29, 0.717) is 30.5 Å². The molecule has 1 aliphatic rings. The summed E-state index contributed by atoms with van der Waals surface area (Å²) in [4.78, 5) is 29.5. The van der Waals surface area contributed by atoms with Gasteiger partial charge in [-0.1, -0.05) is 32.0 Å². The molecule has 0 aliphatic carbocycles. The van der Waals surface area contributed by atoms with E-state index < -0.39 is 5.54 Å². The van der Waals surface area contributed by atoms with Crippen LogP contribution in [0.15, 0.2) is 71.6 Å². The molecule has 4 aromatic rings. The third kappa shape index (κ3) is 3.61. The number of amides is 2. The Morgan fingerprint density at radius 2 is 1.88 bits per heavy atom. The third-order valence-electron chi connectivity index (χ3n) is 6.71. The van der Waals surface area contributed by atoms with E-state index in [4.69, 9.17) is 4.42 Å². The van der Waals surface area contributed by atoms with Gasteiger partial charge in [-0.05, 0) is 49.6 Å². The lowest BCUT2D eigenvalue weighted by atomic mass is 9.94. The highest BCUT2D eigenvalue weighted by molar-refractivity contribution is 6.08. The standard InChI is InChI=1S/C27H30N4O3/c1-19(2)12-13-28-26(33)27(3)18-30-22-11-5-4-10-21(22)23(29-14-6-7-15-29)24(30)25(32)31(27)17-20-9-8-16-34-20/h4-11,14-16,19H,12-13,17-18H2,1-3H3,(H,28,33). The molecule has 1 unspecified atom stereocenters. The second-order valence-corrected chi connectivity index (χ2v) is 9.57. The Kier molecular flexibility index (Phi) is 5.55. The molecule has 34 heavy (non-hydrogen) atoms.